The van der Waals surface area contributed by atoms with Gasteiger partial charge in [-0.25, -0.2) is 0 Å². The summed E-state index contributed by atoms with van der Waals surface area (Å²) in [4.78, 5) is 19.5. The summed E-state index contributed by atoms with van der Waals surface area (Å²) >= 11 is 1.50. The number of amides is 1. The van der Waals surface area contributed by atoms with Crippen LogP contribution in [0.3, 0.4) is 0 Å². The van der Waals surface area contributed by atoms with Crippen molar-refractivity contribution < 1.29 is 9.90 Å². The lowest BCUT2D eigenvalue weighted by Gasteiger charge is -2.19. The zero-order valence-electron chi connectivity index (χ0n) is 14.3. The van der Waals surface area contributed by atoms with Gasteiger partial charge in [0.1, 0.15) is 6.10 Å². The number of fused-ring (bicyclic) bond motifs is 1. The maximum Gasteiger partial charge on any atom is 0.228 e. The van der Waals surface area contributed by atoms with E-state index in [-0.39, 0.29) is 5.91 Å². The molecule has 1 atom stereocenters. The first-order chi connectivity index (χ1) is 12.7. The van der Waals surface area contributed by atoms with Crippen LogP contribution in [0.25, 0.3) is 0 Å². The maximum absolute atomic E-state index is 12.6. The summed E-state index contributed by atoms with van der Waals surface area (Å²) < 4.78 is 1.92. The molecular weight excluding hydrogens is 348 g/mol. The van der Waals surface area contributed by atoms with E-state index in [0.717, 1.165) is 35.6 Å². The molecule has 0 saturated carbocycles. The van der Waals surface area contributed by atoms with Crippen molar-refractivity contribution in [1.82, 2.24) is 19.7 Å². The van der Waals surface area contributed by atoms with Gasteiger partial charge < -0.3 is 10.0 Å². The fraction of sp³-hybridized carbons (Fsp3) is 0.316. The van der Waals surface area contributed by atoms with Crippen LogP contribution in [-0.2, 0) is 24.3 Å². The van der Waals surface area contributed by atoms with E-state index in [2.05, 4.69) is 10.1 Å². The Morgan fingerprint density at radius 1 is 1.27 bits per heavy atom. The van der Waals surface area contributed by atoms with E-state index in [1.807, 2.05) is 46.0 Å². The molecule has 1 amide bonds. The number of hydrogen-bond acceptors (Lipinski definition) is 5. The Morgan fingerprint density at radius 3 is 2.88 bits per heavy atom. The summed E-state index contributed by atoms with van der Waals surface area (Å²) in [6.45, 7) is 1.99. The van der Waals surface area contributed by atoms with Gasteiger partial charge in [-0.1, -0.05) is 30.3 Å². The van der Waals surface area contributed by atoms with Gasteiger partial charge in [0.2, 0.25) is 5.91 Å². The molecule has 26 heavy (non-hydrogen) atoms. The van der Waals surface area contributed by atoms with Gasteiger partial charge in [-0.3, -0.25) is 14.5 Å². The third kappa shape index (κ3) is 3.54. The minimum atomic E-state index is -0.753. The molecule has 0 bridgehead atoms. The minimum absolute atomic E-state index is 0.106. The van der Waals surface area contributed by atoms with Crippen LogP contribution in [0.1, 0.15) is 34.4 Å². The van der Waals surface area contributed by atoms with E-state index in [0.29, 0.717) is 18.7 Å². The maximum atomic E-state index is 12.6. The number of thiazole rings is 1. The van der Waals surface area contributed by atoms with Gasteiger partial charge in [0, 0.05) is 24.2 Å². The lowest BCUT2D eigenvalue weighted by atomic mass is 10.1. The highest BCUT2D eigenvalue weighted by atomic mass is 32.1. The number of hydrogen-bond donors (Lipinski definition) is 1. The lowest BCUT2D eigenvalue weighted by molar-refractivity contribution is -0.131. The second-order valence-electron chi connectivity index (χ2n) is 6.41. The Kier molecular flexibility index (Phi) is 4.81. The Labute approximate surface area is 155 Å². The summed E-state index contributed by atoms with van der Waals surface area (Å²) in [5, 5.41) is 15.2. The van der Waals surface area contributed by atoms with Crippen LogP contribution in [0, 0.1) is 0 Å². The van der Waals surface area contributed by atoms with Crippen LogP contribution in [0.4, 0.5) is 0 Å². The Hall–Kier alpha value is -2.51. The van der Waals surface area contributed by atoms with Gasteiger partial charge in [-0.2, -0.15) is 5.10 Å². The van der Waals surface area contributed by atoms with Crippen LogP contribution in [0.15, 0.2) is 48.1 Å². The average molecular weight is 368 g/mol. The monoisotopic (exact) mass is 368 g/mol. The number of aromatic nitrogens is 3. The van der Waals surface area contributed by atoms with E-state index in [9.17, 15) is 9.90 Å². The number of aliphatic hydroxyl groups is 1. The van der Waals surface area contributed by atoms with Crippen molar-refractivity contribution in [2.75, 3.05) is 6.54 Å². The first kappa shape index (κ1) is 16.9. The fourth-order valence-electron chi connectivity index (χ4n) is 3.23. The number of aryl methyl sites for hydroxylation is 1. The summed E-state index contributed by atoms with van der Waals surface area (Å²) in [6, 6.07) is 11.4. The molecule has 7 heteroatoms. The molecule has 1 N–H and O–H groups in total. The summed E-state index contributed by atoms with van der Waals surface area (Å²) in [5.41, 5.74) is 4.16. The van der Waals surface area contributed by atoms with E-state index in [1.54, 1.807) is 11.7 Å². The Bertz CT molecular complexity index is 876. The molecule has 6 nitrogen and oxygen atoms in total. The molecule has 1 aromatic carbocycles. The van der Waals surface area contributed by atoms with Gasteiger partial charge in [0.25, 0.3) is 0 Å². The van der Waals surface area contributed by atoms with Crippen LogP contribution in [-0.4, -0.2) is 37.2 Å². The molecule has 1 aliphatic heterocycles. The molecule has 2 aromatic heterocycles. The van der Waals surface area contributed by atoms with Gasteiger partial charge in [-0.05, 0) is 18.1 Å². The van der Waals surface area contributed by atoms with Crippen molar-refractivity contribution in [1.29, 1.82) is 0 Å². The highest BCUT2D eigenvalue weighted by Gasteiger charge is 2.23. The van der Waals surface area contributed by atoms with Crippen LogP contribution >= 0.6 is 11.3 Å². The molecule has 0 saturated heterocycles. The zero-order valence-corrected chi connectivity index (χ0v) is 15.1. The van der Waals surface area contributed by atoms with Gasteiger partial charge in [-0.15, -0.1) is 11.3 Å². The smallest absolute Gasteiger partial charge is 0.228 e. The van der Waals surface area contributed by atoms with Crippen LogP contribution < -0.4 is 0 Å². The number of rotatable bonds is 4. The normalized spacial score (nSPS) is 15.3. The van der Waals surface area contributed by atoms with E-state index < -0.39 is 6.10 Å². The van der Waals surface area contributed by atoms with Gasteiger partial charge >= 0.3 is 0 Å². The fourth-order valence-corrected chi connectivity index (χ4v) is 3.81. The predicted octanol–water partition coefficient (Wildman–Crippen LogP) is 2.40. The SMILES string of the molecule is O=C(Cc1cncs1)N1CCCn2nc([C@H](O)c3ccccc3)cc2C1. The van der Waals surface area contributed by atoms with E-state index in [4.69, 9.17) is 0 Å². The van der Waals surface area contributed by atoms with Crippen LogP contribution in [0.5, 0.6) is 0 Å². The van der Waals surface area contributed by atoms with Gasteiger partial charge in [0.15, 0.2) is 0 Å². The summed E-state index contributed by atoms with van der Waals surface area (Å²) in [5.74, 6) is 0.106. The first-order valence-electron chi connectivity index (χ1n) is 8.65. The molecule has 0 unspecified atom stereocenters. The minimum Gasteiger partial charge on any atom is -0.382 e. The van der Waals surface area contributed by atoms with Crippen molar-refractivity contribution in [3.8, 4) is 0 Å². The zero-order chi connectivity index (χ0) is 17.9. The summed E-state index contributed by atoms with van der Waals surface area (Å²) in [7, 11) is 0. The highest BCUT2D eigenvalue weighted by molar-refractivity contribution is 7.09. The number of benzene rings is 1. The standard InChI is InChI=1S/C19H20N4O2S/c24-18(10-16-11-20-13-26-16)22-7-4-8-23-15(12-22)9-17(21-23)19(25)14-5-2-1-3-6-14/h1-3,5-6,9,11,13,19,25H,4,7-8,10,12H2/t19-/m1/s1. The van der Waals surface area contributed by atoms with E-state index >= 15 is 0 Å². The number of aliphatic hydroxyl groups excluding tert-OH is 1. The van der Waals surface area contributed by atoms with Crippen molar-refractivity contribution in [2.45, 2.75) is 32.0 Å². The number of nitrogens with zero attached hydrogens (tertiary/aromatic N) is 4. The molecule has 4 rings (SSSR count). The molecule has 3 aromatic rings. The summed E-state index contributed by atoms with van der Waals surface area (Å²) in [6.07, 6.45) is 2.23. The largest absolute Gasteiger partial charge is 0.382 e. The number of carbonyl (C=O) groups is 1. The first-order valence-corrected chi connectivity index (χ1v) is 9.53. The topological polar surface area (TPSA) is 71.2 Å². The molecule has 0 radical (unpaired) electrons. The average Bonchev–Trinajstić information content (AvgIpc) is 3.27. The molecule has 3 heterocycles. The van der Waals surface area contributed by atoms with Crippen LogP contribution in [0.2, 0.25) is 0 Å². The predicted molar refractivity (Wildman–Crippen MR) is 98.6 cm³/mol. The van der Waals surface area contributed by atoms with E-state index in [1.165, 1.54) is 11.3 Å². The van der Waals surface area contributed by atoms with Crippen molar-refractivity contribution in [3.63, 3.8) is 0 Å². The van der Waals surface area contributed by atoms with Gasteiger partial charge in [0.05, 0.1) is 29.9 Å². The van der Waals surface area contributed by atoms with Crippen molar-refractivity contribution in [3.05, 3.63) is 69.9 Å². The molecule has 0 spiro atoms. The molecule has 134 valence electrons. The third-order valence-electron chi connectivity index (χ3n) is 4.59. The Morgan fingerprint density at radius 2 is 2.12 bits per heavy atom. The molecule has 1 aliphatic rings. The second-order valence-corrected chi connectivity index (χ2v) is 7.38. The quantitative estimate of drug-likeness (QED) is 0.768. The molecular formula is C19H20N4O2S. The third-order valence-corrected chi connectivity index (χ3v) is 5.37. The Balaban J connectivity index is 1.51. The van der Waals surface area contributed by atoms with Crippen molar-refractivity contribution in [2.24, 2.45) is 0 Å². The molecule has 0 fully saturated rings. The van der Waals surface area contributed by atoms with Crippen molar-refractivity contribution >= 4 is 17.2 Å². The highest BCUT2D eigenvalue weighted by Crippen LogP contribution is 2.23. The second kappa shape index (κ2) is 7.39. The molecule has 0 aliphatic carbocycles. The lowest BCUT2D eigenvalue weighted by Crippen LogP contribution is -2.31. The number of carbonyl (C=O) groups excluding carboxylic acids is 1.